The van der Waals surface area contributed by atoms with E-state index in [2.05, 4.69) is 56.7 Å². The van der Waals surface area contributed by atoms with Crippen molar-refractivity contribution in [2.75, 3.05) is 49.1 Å². The first kappa shape index (κ1) is 24.1. The zero-order valence-corrected chi connectivity index (χ0v) is 21.5. The van der Waals surface area contributed by atoms with E-state index in [0.29, 0.717) is 11.8 Å². The molecular weight excluding hydrogens is 450 g/mol. The molecule has 0 spiro atoms. The molecule has 3 aromatic rings. The highest BCUT2D eigenvalue weighted by Gasteiger charge is 2.32. The molecule has 2 aliphatic heterocycles. The predicted octanol–water partition coefficient (Wildman–Crippen LogP) is 4.76. The number of carbonyl (C=O) groups is 1. The lowest BCUT2D eigenvalue weighted by molar-refractivity contribution is -0.136. The molecule has 2 saturated heterocycles. The van der Waals surface area contributed by atoms with Gasteiger partial charge in [0.15, 0.2) is 5.82 Å². The van der Waals surface area contributed by atoms with Crippen molar-refractivity contribution < 1.29 is 9.53 Å². The second-order valence-corrected chi connectivity index (χ2v) is 9.97. The van der Waals surface area contributed by atoms with Crippen LogP contribution in [-0.2, 0) is 4.79 Å². The molecule has 2 aliphatic rings. The summed E-state index contributed by atoms with van der Waals surface area (Å²) >= 11 is 0. The van der Waals surface area contributed by atoms with Crippen molar-refractivity contribution in [2.24, 2.45) is 5.92 Å². The fourth-order valence-electron chi connectivity index (χ4n) is 5.22. The van der Waals surface area contributed by atoms with Gasteiger partial charge >= 0.3 is 0 Å². The normalized spacial score (nSPS) is 16.8. The van der Waals surface area contributed by atoms with E-state index in [1.54, 1.807) is 12.4 Å². The number of piperidine rings is 1. The minimum atomic E-state index is 0.0614. The van der Waals surface area contributed by atoms with Crippen LogP contribution in [0, 0.1) is 26.7 Å². The van der Waals surface area contributed by atoms with Gasteiger partial charge in [0.05, 0.1) is 0 Å². The average molecular weight is 486 g/mol. The van der Waals surface area contributed by atoms with Gasteiger partial charge in [0.2, 0.25) is 5.91 Å². The summed E-state index contributed by atoms with van der Waals surface area (Å²) in [6.45, 7) is 11.2. The average Bonchev–Trinajstić information content (AvgIpc) is 2.90. The van der Waals surface area contributed by atoms with E-state index >= 15 is 0 Å². The van der Waals surface area contributed by atoms with Crippen LogP contribution in [-0.4, -0.2) is 60.0 Å². The molecule has 2 aromatic carbocycles. The van der Waals surface area contributed by atoms with Gasteiger partial charge in [-0.1, -0.05) is 24.3 Å². The maximum absolute atomic E-state index is 13.3. The van der Waals surface area contributed by atoms with E-state index in [4.69, 9.17) is 4.74 Å². The molecule has 36 heavy (non-hydrogen) atoms. The van der Waals surface area contributed by atoms with Crippen molar-refractivity contribution in [3.05, 3.63) is 71.5 Å². The first-order chi connectivity index (χ1) is 17.5. The third-order valence-electron chi connectivity index (χ3n) is 7.29. The van der Waals surface area contributed by atoms with Crippen LogP contribution in [0.3, 0.4) is 0 Å². The number of hydrogen-bond donors (Lipinski definition) is 0. The second kappa shape index (κ2) is 10.6. The van der Waals surface area contributed by atoms with E-state index < -0.39 is 0 Å². The summed E-state index contributed by atoms with van der Waals surface area (Å²) in [6.07, 6.45) is 4.99. The molecule has 0 N–H and O–H groups in total. The smallest absolute Gasteiger partial charge is 0.263 e. The number of carbonyl (C=O) groups excluding carboxylic acids is 1. The molecule has 3 heterocycles. The van der Waals surface area contributed by atoms with Crippen LogP contribution in [0.1, 0.15) is 29.5 Å². The number of aromatic nitrogens is 2. The zero-order valence-electron chi connectivity index (χ0n) is 21.5. The summed E-state index contributed by atoms with van der Waals surface area (Å²) in [5.74, 6) is 2.36. The largest absolute Gasteiger partial charge is 0.436 e. The summed E-state index contributed by atoms with van der Waals surface area (Å²) in [5.41, 5.74) is 4.99. The number of piperazine rings is 1. The molecule has 188 valence electrons. The predicted molar refractivity (Wildman–Crippen MR) is 143 cm³/mol. The Balaban J connectivity index is 1.17. The van der Waals surface area contributed by atoms with E-state index in [-0.39, 0.29) is 5.92 Å². The summed E-state index contributed by atoms with van der Waals surface area (Å²) < 4.78 is 6.08. The van der Waals surface area contributed by atoms with Crippen LogP contribution >= 0.6 is 0 Å². The summed E-state index contributed by atoms with van der Waals surface area (Å²) in [7, 11) is 0. The molecule has 1 aromatic heterocycles. The Hall–Kier alpha value is -3.61. The van der Waals surface area contributed by atoms with Gasteiger partial charge in [-0.2, -0.15) is 0 Å². The number of amides is 1. The molecule has 0 atom stereocenters. The van der Waals surface area contributed by atoms with Crippen LogP contribution < -0.4 is 14.5 Å². The van der Waals surface area contributed by atoms with Gasteiger partial charge in [-0.05, 0) is 68.5 Å². The molecule has 0 radical (unpaired) electrons. The number of nitrogens with zero attached hydrogens (tertiary/aromatic N) is 5. The highest BCUT2D eigenvalue weighted by atomic mass is 16.5. The molecule has 5 rings (SSSR count). The first-order valence-corrected chi connectivity index (χ1v) is 12.9. The Morgan fingerprint density at radius 3 is 2.31 bits per heavy atom. The minimum Gasteiger partial charge on any atom is -0.436 e. The lowest BCUT2D eigenvalue weighted by Crippen LogP contribution is -2.52. The number of rotatable bonds is 5. The van der Waals surface area contributed by atoms with Gasteiger partial charge in [-0.15, -0.1) is 0 Å². The SMILES string of the molecule is Cc1cccc(Oc2nccnc2N2CCC(C(=O)N3CCN(c4cc(C)ccc4C)CC3)CC2)c1. The maximum Gasteiger partial charge on any atom is 0.263 e. The Morgan fingerprint density at radius 2 is 1.56 bits per heavy atom. The molecule has 2 fully saturated rings. The Morgan fingerprint density at radius 1 is 0.833 bits per heavy atom. The third-order valence-corrected chi connectivity index (χ3v) is 7.29. The topological polar surface area (TPSA) is 61.8 Å². The van der Waals surface area contributed by atoms with Crippen LogP contribution in [0.15, 0.2) is 54.9 Å². The molecule has 0 bridgehead atoms. The lowest BCUT2D eigenvalue weighted by atomic mass is 9.95. The monoisotopic (exact) mass is 485 g/mol. The van der Waals surface area contributed by atoms with Crippen LogP contribution in [0.25, 0.3) is 0 Å². The highest BCUT2D eigenvalue weighted by Crippen LogP contribution is 2.32. The summed E-state index contributed by atoms with van der Waals surface area (Å²) in [5, 5.41) is 0. The quantitative estimate of drug-likeness (QED) is 0.519. The number of ether oxygens (including phenoxy) is 1. The Bertz CT molecular complexity index is 1210. The van der Waals surface area contributed by atoms with Gasteiger partial charge in [-0.3, -0.25) is 4.79 Å². The fraction of sp³-hybridized carbons (Fsp3) is 0.414. The van der Waals surface area contributed by atoms with Crippen molar-refractivity contribution in [2.45, 2.75) is 33.6 Å². The Labute approximate surface area is 213 Å². The van der Waals surface area contributed by atoms with E-state index in [0.717, 1.165) is 69.2 Å². The van der Waals surface area contributed by atoms with Crippen molar-refractivity contribution in [1.29, 1.82) is 0 Å². The first-order valence-electron chi connectivity index (χ1n) is 12.9. The summed E-state index contributed by atoms with van der Waals surface area (Å²) in [6, 6.07) is 14.5. The van der Waals surface area contributed by atoms with Crippen molar-refractivity contribution in [3.63, 3.8) is 0 Å². The standard InChI is InChI=1S/C29H35N5O2/c1-21-5-4-6-25(19-21)36-28-27(30-11-12-31-28)33-13-9-24(10-14-33)29(35)34-17-15-32(16-18-34)26-20-22(2)7-8-23(26)3/h4-8,11-12,19-20,24H,9-10,13-18H2,1-3H3. The number of aryl methyl sites for hydroxylation is 3. The van der Waals surface area contributed by atoms with Crippen LogP contribution in [0.5, 0.6) is 11.6 Å². The molecule has 7 heteroatoms. The minimum absolute atomic E-state index is 0.0614. The van der Waals surface area contributed by atoms with Gasteiger partial charge in [-0.25, -0.2) is 9.97 Å². The highest BCUT2D eigenvalue weighted by molar-refractivity contribution is 5.79. The van der Waals surface area contributed by atoms with Gasteiger partial charge < -0.3 is 19.4 Å². The number of benzene rings is 2. The van der Waals surface area contributed by atoms with Gasteiger partial charge in [0.25, 0.3) is 5.88 Å². The molecule has 7 nitrogen and oxygen atoms in total. The number of hydrogen-bond acceptors (Lipinski definition) is 6. The molecule has 0 unspecified atom stereocenters. The molecule has 1 amide bonds. The zero-order chi connectivity index (χ0) is 25.1. The second-order valence-electron chi connectivity index (χ2n) is 9.97. The third kappa shape index (κ3) is 5.30. The van der Waals surface area contributed by atoms with E-state index in [1.165, 1.54) is 16.8 Å². The van der Waals surface area contributed by atoms with Crippen molar-refractivity contribution in [3.8, 4) is 11.6 Å². The number of anilines is 2. The van der Waals surface area contributed by atoms with E-state index in [1.807, 2.05) is 31.2 Å². The van der Waals surface area contributed by atoms with Gasteiger partial charge in [0.1, 0.15) is 5.75 Å². The molecule has 0 aliphatic carbocycles. The van der Waals surface area contributed by atoms with E-state index in [9.17, 15) is 4.79 Å². The molecule has 0 saturated carbocycles. The summed E-state index contributed by atoms with van der Waals surface area (Å²) in [4.78, 5) is 29.0. The van der Waals surface area contributed by atoms with Crippen molar-refractivity contribution >= 4 is 17.4 Å². The Kier molecular flexibility index (Phi) is 7.07. The molecular formula is C29H35N5O2. The van der Waals surface area contributed by atoms with Crippen LogP contribution in [0.4, 0.5) is 11.5 Å². The van der Waals surface area contributed by atoms with Crippen LogP contribution in [0.2, 0.25) is 0 Å². The van der Waals surface area contributed by atoms with Crippen molar-refractivity contribution in [1.82, 2.24) is 14.9 Å². The lowest BCUT2D eigenvalue weighted by Gasteiger charge is -2.40. The fourth-order valence-corrected chi connectivity index (χ4v) is 5.22. The maximum atomic E-state index is 13.3. The van der Waals surface area contributed by atoms with Gasteiger partial charge in [0, 0.05) is 63.3 Å².